The quantitative estimate of drug-likeness (QED) is 0.815. The van der Waals surface area contributed by atoms with Crippen molar-refractivity contribution in [2.45, 2.75) is 72.0 Å². The molecule has 1 saturated heterocycles. The van der Waals surface area contributed by atoms with Crippen LogP contribution in [0, 0.1) is 5.92 Å². The van der Waals surface area contributed by atoms with Crippen LogP contribution in [0.4, 0.5) is 0 Å². The van der Waals surface area contributed by atoms with Crippen LogP contribution in [-0.4, -0.2) is 34.8 Å². The molecule has 1 rings (SSSR count). The molecule has 104 valence electrons. The molecule has 1 fully saturated rings. The van der Waals surface area contributed by atoms with E-state index in [2.05, 4.69) is 26.1 Å². The Morgan fingerprint density at radius 1 is 1.28 bits per heavy atom. The Morgan fingerprint density at radius 2 is 1.89 bits per heavy atom. The van der Waals surface area contributed by atoms with Crippen LogP contribution < -0.4 is 5.32 Å². The maximum atomic E-state index is 12.3. The van der Waals surface area contributed by atoms with Crippen molar-refractivity contribution in [1.82, 2.24) is 10.2 Å². The van der Waals surface area contributed by atoms with Gasteiger partial charge in [-0.05, 0) is 32.6 Å². The number of nitrogens with zero attached hydrogens (tertiary/aromatic N) is 1. The first kappa shape index (κ1) is 15.0. The summed E-state index contributed by atoms with van der Waals surface area (Å²) in [6.07, 6.45) is 2.73. The summed E-state index contributed by atoms with van der Waals surface area (Å²) in [5.41, 5.74) is 0. The highest BCUT2D eigenvalue weighted by Crippen LogP contribution is 2.21. The molecule has 0 spiro atoms. The smallest absolute Gasteiger partial charge is 0.245 e. The highest BCUT2D eigenvalue weighted by atomic mass is 16.2. The maximum absolute atomic E-state index is 12.3. The Balaban J connectivity index is 2.85. The second kappa shape index (κ2) is 6.21. The van der Waals surface area contributed by atoms with E-state index in [0.717, 1.165) is 12.8 Å². The van der Waals surface area contributed by atoms with Crippen LogP contribution in [0.1, 0.15) is 53.9 Å². The fourth-order valence-corrected chi connectivity index (χ4v) is 2.64. The molecule has 1 aliphatic heterocycles. The average molecular weight is 254 g/mol. The summed E-state index contributed by atoms with van der Waals surface area (Å²) in [5, 5.41) is 2.75. The summed E-state index contributed by atoms with van der Waals surface area (Å²) >= 11 is 0. The van der Waals surface area contributed by atoms with Crippen molar-refractivity contribution in [2.75, 3.05) is 0 Å². The molecule has 0 aromatic rings. The van der Waals surface area contributed by atoms with Gasteiger partial charge in [0, 0.05) is 6.04 Å². The minimum atomic E-state index is -0.389. The number of carbonyl (C=O) groups excluding carboxylic acids is 2. The Bertz CT molecular complexity index is 317. The van der Waals surface area contributed by atoms with Crippen LogP contribution in [0.2, 0.25) is 0 Å². The molecule has 4 nitrogen and oxygen atoms in total. The molecule has 0 aliphatic carbocycles. The van der Waals surface area contributed by atoms with Crippen molar-refractivity contribution < 1.29 is 9.59 Å². The van der Waals surface area contributed by atoms with Crippen LogP contribution in [0.25, 0.3) is 0 Å². The number of piperazine rings is 1. The van der Waals surface area contributed by atoms with Gasteiger partial charge in [-0.3, -0.25) is 9.59 Å². The zero-order chi connectivity index (χ0) is 13.9. The number of rotatable bonds is 5. The molecule has 0 aromatic heterocycles. The first-order valence-electron chi connectivity index (χ1n) is 7.04. The standard InChI is InChI=1S/C14H26N2O2/c1-6-9(3)8-10(4)16-12(7-2)13(17)15-11(5)14(16)18/h9-12H,6-8H2,1-5H3,(H,15,17). The molecular formula is C14H26N2O2. The third-order valence-electron chi connectivity index (χ3n) is 3.92. The normalized spacial score (nSPS) is 27.9. The molecule has 4 atom stereocenters. The zero-order valence-corrected chi connectivity index (χ0v) is 12.2. The summed E-state index contributed by atoms with van der Waals surface area (Å²) in [6, 6.07) is -0.557. The van der Waals surface area contributed by atoms with E-state index in [0.29, 0.717) is 12.3 Å². The van der Waals surface area contributed by atoms with Gasteiger partial charge in [-0.2, -0.15) is 0 Å². The number of carbonyl (C=O) groups is 2. The predicted molar refractivity (Wildman–Crippen MR) is 72.1 cm³/mol. The van der Waals surface area contributed by atoms with Gasteiger partial charge in [-0.25, -0.2) is 0 Å². The van der Waals surface area contributed by atoms with Crippen LogP contribution in [0.5, 0.6) is 0 Å². The van der Waals surface area contributed by atoms with Crippen LogP contribution in [0.15, 0.2) is 0 Å². The topological polar surface area (TPSA) is 49.4 Å². The maximum Gasteiger partial charge on any atom is 0.245 e. The Labute approximate surface area is 110 Å². The van der Waals surface area contributed by atoms with Gasteiger partial charge in [0.05, 0.1) is 0 Å². The van der Waals surface area contributed by atoms with E-state index in [9.17, 15) is 9.59 Å². The summed E-state index contributed by atoms with van der Waals surface area (Å²) in [4.78, 5) is 26.0. The molecule has 0 aromatic carbocycles. The molecular weight excluding hydrogens is 228 g/mol. The van der Waals surface area contributed by atoms with Crippen molar-refractivity contribution >= 4 is 11.8 Å². The molecule has 0 radical (unpaired) electrons. The third kappa shape index (κ3) is 3.03. The lowest BCUT2D eigenvalue weighted by molar-refractivity contribution is -0.151. The molecule has 2 amide bonds. The lowest BCUT2D eigenvalue weighted by Gasteiger charge is -2.42. The minimum Gasteiger partial charge on any atom is -0.343 e. The van der Waals surface area contributed by atoms with Gasteiger partial charge in [-0.1, -0.05) is 27.2 Å². The second-order valence-corrected chi connectivity index (χ2v) is 5.50. The predicted octanol–water partition coefficient (Wildman–Crippen LogP) is 1.94. The highest BCUT2D eigenvalue weighted by Gasteiger charge is 2.39. The van der Waals surface area contributed by atoms with E-state index in [1.807, 2.05) is 6.92 Å². The number of amides is 2. The monoisotopic (exact) mass is 254 g/mol. The summed E-state index contributed by atoms with van der Waals surface area (Å²) in [6.45, 7) is 10.1. The molecule has 0 bridgehead atoms. The van der Waals surface area contributed by atoms with Gasteiger partial charge < -0.3 is 10.2 Å². The van der Waals surface area contributed by atoms with Crippen molar-refractivity contribution in [3.05, 3.63) is 0 Å². The van der Waals surface area contributed by atoms with E-state index in [4.69, 9.17) is 0 Å². The average Bonchev–Trinajstić information content (AvgIpc) is 2.32. The minimum absolute atomic E-state index is 0.0133. The van der Waals surface area contributed by atoms with E-state index < -0.39 is 0 Å². The summed E-state index contributed by atoms with van der Waals surface area (Å²) in [7, 11) is 0. The summed E-state index contributed by atoms with van der Waals surface area (Å²) < 4.78 is 0. The van der Waals surface area contributed by atoms with Gasteiger partial charge in [0.25, 0.3) is 0 Å². The van der Waals surface area contributed by atoms with Crippen molar-refractivity contribution in [2.24, 2.45) is 5.92 Å². The SMILES string of the molecule is CCC(C)CC(C)N1C(=O)C(C)NC(=O)C1CC. The zero-order valence-electron chi connectivity index (χ0n) is 12.2. The van der Waals surface area contributed by atoms with Gasteiger partial charge in [0.15, 0.2) is 0 Å². The molecule has 1 aliphatic rings. The molecule has 18 heavy (non-hydrogen) atoms. The third-order valence-corrected chi connectivity index (χ3v) is 3.92. The molecule has 1 heterocycles. The number of hydrogen-bond donors (Lipinski definition) is 1. The van der Waals surface area contributed by atoms with Gasteiger partial charge in [0.2, 0.25) is 11.8 Å². The summed E-state index contributed by atoms with van der Waals surface area (Å²) in [5.74, 6) is 0.614. The van der Waals surface area contributed by atoms with Crippen LogP contribution >= 0.6 is 0 Å². The fourth-order valence-electron chi connectivity index (χ4n) is 2.64. The Hall–Kier alpha value is -1.06. The van der Waals surface area contributed by atoms with Gasteiger partial charge in [-0.15, -0.1) is 0 Å². The molecule has 1 N–H and O–H groups in total. The van der Waals surface area contributed by atoms with Crippen molar-refractivity contribution in [3.63, 3.8) is 0 Å². The van der Waals surface area contributed by atoms with E-state index in [1.54, 1.807) is 11.8 Å². The molecule has 0 saturated carbocycles. The number of nitrogens with one attached hydrogen (secondary N) is 1. The highest BCUT2D eigenvalue weighted by molar-refractivity contribution is 5.96. The van der Waals surface area contributed by atoms with E-state index in [1.165, 1.54) is 0 Å². The largest absolute Gasteiger partial charge is 0.343 e. The molecule has 4 heteroatoms. The first-order chi connectivity index (χ1) is 8.42. The lowest BCUT2D eigenvalue weighted by Crippen LogP contribution is -2.64. The van der Waals surface area contributed by atoms with E-state index in [-0.39, 0.29) is 29.9 Å². The Morgan fingerprint density at radius 3 is 2.39 bits per heavy atom. The van der Waals surface area contributed by atoms with E-state index >= 15 is 0 Å². The van der Waals surface area contributed by atoms with Crippen molar-refractivity contribution in [3.8, 4) is 0 Å². The first-order valence-corrected chi connectivity index (χ1v) is 7.04. The number of hydrogen-bond acceptors (Lipinski definition) is 2. The lowest BCUT2D eigenvalue weighted by atomic mass is 9.95. The van der Waals surface area contributed by atoms with Crippen LogP contribution in [-0.2, 0) is 9.59 Å². The Kier molecular flexibility index (Phi) is 5.17. The molecule has 4 unspecified atom stereocenters. The van der Waals surface area contributed by atoms with Gasteiger partial charge in [0.1, 0.15) is 12.1 Å². The van der Waals surface area contributed by atoms with Gasteiger partial charge >= 0.3 is 0 Å². The van der Waals surface area contributed by atoms with Crippen molar-refractivity contribution in [1.29, 1.82) is 0 Å². The fraction of sp³-hybridized carbons (Fsp3) is 0.857. The second-order valence-electron chi connectivity index (χ2n) is 5.50. The van der Waals surface area contributed by atoms with Crippen LogP contribution in [0.3, 0.4) is 0 Å².